The summed E-state index contributed by atoms with van der Waals surface area (Å²) in [4.78, 5) is 12.1. The second kappa shape index (κ2) is 6.68. The van der Waals surface area contributed by atoms with Gasteiger partial charge in [0.05, 0.1) is 6.04 Å². The van der Waals surface area contributed by atoms with E-state index in [4.69, 9.17) is 16.6 Å². The van der Waals surface area contributed by atoms with Crippen molar-refractivity contribution in [3.63, 3.8) is 0 Å². The van der Waals surface area contributed by atoms with Gasteiger partial charge in [-0.3, -0.25) is 0 Å². The second-order valence-electron chi connectivity index (χ2n) is 10.2. The maximum Gasteiger partial charge on any atom is 0.140 e. The topological polar surface area (TPSA) is 41.1 Å². The molecule has 5 heteroatoms. The van der Waals surface area contributed by atoms with Crippen molar-refractivity contribution in [2.45, 2.75) is 70.8 Å². The van der Waals surface area contributed by atoms with Gasteiger partial charge in [-0.25, -0.2) is 9.97 Å². The Balaban J connectivity index is 1.79. The molecular formula is C24H31ClN4. The molecule has 29 heavy (non-hydrogen) atoms. The number of benzene rings is 1. The van der Waals surface area contributed by atoms with Gasteiger partial charge in [-0.1, -0.05) is 39.3 Å². The fraction of sp³-hybridized carbons (Fsp3) is 0.583. The van der Waals surface area contributed by atoms with Gasteiger partial charge in [0.15, 0.2) is 0 Å². The summed E-state index contributed by atoms with van der Waals surface area (Å²) in [6, 6.07) is 6.82. The molecule has 5 rings (SSSR count). The van der Waals surface area contributed by atoms with Crippen LogP contribution in [0.2, 0.25) is 5.02 Å². The van der Waals surface area contributed by atoms with Gasteiger partial charge in [0.2, 0.25) is 0 Å². The van der Waals surface area contributed by atoms with E-state index in [2.05, 4.69) is 55.0 Å². The summed E-state index contributed by atoms with van der Waals surface area (Å²) < 4.78 is 0. The first-order valence-corrected chi connectivity index (χ1v) is 11.3. The first-order valence-electron chi connectivity index (χ1n) is 11.0. The maximum absolute atomic E-state index is 6.54. The highest BCUT2D eigenvalue weighted by Gasteiger charge is 2.56. The lowest BCUT2D eigenvalue weighted by Gasteiger charge is -2.48. The third kappa shape index (κ3) is 2.83. The van der Waals surface area contributed by atoms with Crippen molar-refractivity contribution < 1.29 is 0 Å². The molecule has 0 amide bonds. The van der Waals surface area contributed by atoms with Gasteiger partial charge < -0.3 is 10.2 Å². The van der Waals surface area contributed by atoms with Crippen molar-refractivity contribution in [3.8, 4) is 0 Å². The van der Waals surface area contributed by atoms with Crippen molar-refractivity contribution in [3.05, 3.63) is 46.4 Å². The number of hydrogen-bond acceptors (Lipinski definition) is 4. The molecule has 1 N–H and O–H groups in total. The van der Waals surface area contributed by atoms with E-state index in [-0.39, 0.29) is 10.8 Å². The highest BCUT2D eigenvalue weighted by Crippen LogP contribution is 2.58. The molecule has 1 aromatic heterocycles. The normalized spacial score (nSPS) is 25.3. The molecule has 3 aliphatic rings. The molecule has 2 aromatic rings. The van der Waals surface area contributed by atoms with Crippen LogP contribution in [0.4, 0.5) is 11.5 Å². The smallest absolute Gasteiger partial charge is 0.140 e. The fourth-order valence-corrected chi connectivity index (χ4v) is 6.51. The van der Waals surface area contributed by atoms with Gasteiger partial charge in [0.25, 0.3) is 0 Å². The number of hydrogen-bond donors (Lipinski definition) is 1. The molecule has 1 aromatic carbocycles. The van der Waals surface area contributed by atoms with E-state index < -0.39 is 0 Å². The second-order valence-corrected chi connectivity index (χ2v) is 10.6. The minimum absolute atomic E-state index is 0.0858. The van der Waals surface area contributed by atoms with Gasteiger partial charge in [0, 0.05) is 27.4 Å². The Morgan fingerprint density at radius 3 is 2.66 bits per heavy atom. The largest absolute Gasteiger partial charge is 0.321 e. The quantitative estimate of drug-likeness (QED) is 0.686. The van der Waals surface area contributed by atoms with Crippen molar-refractivity contribution in [1.29, 1.82) is 0 Å². The zero-order chi connectivity index (χ0) is 20.4. The molecular weight excluding hydrogens is 380 g/mol. The number of anilines is 2. The van der Waals surface area contributed by atoms with E-state index in [1.54, 1.807) is 6.33 Å². The number of nitrogens with zero attached hydrogens (tertiary/aromatic N) is 3. The highest BCUT2D eigenvalue weighted by molar-refractivity contribution is 6.30. The van der Waals surface area contributed by atoms with Crippen LogP contribution in [-0.2, 0) is 11.8 Å². The molecule has 0 saturated carbocycles. The van der Waals surface area contributed by atoms with Crippen molar-refractivity contribution >= 4 is 23.1 Å². The first kappa shape index (κ1) is 19.3. The van der Waals surface area contributed by atoms with Crippen molar-refractivity contribution in [2.75, 3.05) is 18.0 Å². The summed E-state index contributed by atoms with van der Waals surface area (Å²) >= 11 is 6.54. The van der Waals surface area contributed by atoms with Crippen LogP contribution >= 0.6 is 11.6 Å². The van der Waals surface area contributed by atoms with Crippen LogP contribution in [0.5, 0.6) is 0 Å². The van der Waals surface area contributed by atoms with E-state index >= 15 is 0 Å². The number of fused-ring (bicyclic) bond motifs is 3. The van der Waals surface area contributed by atoms with Gasteiger partial charge >= 0.3 is 0 Å². The minimum Gasteiger partial charge on any atom is -0.321 e. The third-order valence-corrected chi connectivity index (χ3v) is 7.57. The van der Waals surface area contributed by atoms with E-state index in [0.717, 1.165) is 49.6 Å². The molecule has 1 saturated heterocycles. The summed E-state index contributed by atoms with van der Waals surface area (Å²) in [5.74, 6) is 1.63. The van der Waals surface area contributed by atoms with Gasteiger partial charge in [-0.15, -0.1) is 0 Å². The molecule has 0 radical (unpaired) electrons. The molecule has 2 aliphatic heterocycles. The summed E-state index contributed by atoms with van der Waals surface area (Å²) in [7, 11) is 0. The number of halogens is 1. The average Bonchev–Trinajstić information content (AvgIpc) is 3.19. The van der Waals surface area contributed by atoms with Gasteiger partial charge in [-0.05, 0) is 73.9 Å². The lowest BCUT2D eigenvalue weighted by Crippen LogP contribution is -2.55. The van der Waals surface area contributed by atoms with Crippen LogP contribution in [0.15, 0.2) is 24.5 Å². The molecule has 1 spiro atoms. The summed E-state index contributed by atoms with van der Waals surface area (Å²) in [6.45, 7) is 11.6. The Morgan fingerprint density at radius 1 is 1.17 bits per heavy atom. The maximum atomic E-state index is 6.54. The number of nitrogens with one attached hydrogen (secondary N) is 1. The molecule has 1 fully saturated rings. The van der Waals surface area contributed by atoms with Crippen LogP contribution < -0.4 is 10.2 Å². The van der Waals surface area contributed by atoms with Crippen LogP contribution in [0.3, 0.4) is 0 Å². The zero-order valence-electron chi connectivity index (χ0n) is 17.9. The van der Waals surface area contributed by atoms with Gasteiger partial charge in [-0.2, -0.15) is 0 Å². The van der Waals surface area contributed by atoms with Crippen LogP contribution in [0.1, 0.15) is 69.7 Å². The molecule has 2 atom stereocenters. The van der Waals surface area contributed by atoms with E-state index in [9.17, 15) is 0 Å². The molecule has 0 bridgehead atoms. The summed E-state index contributed by atoms with van der Waals surface area (Å²) in [5, 5.41) is 4.41. The zero-order valence-corrected chi connectivity index (χ0v) is 18.7. The number of rotatable bonds is 1. The van der Waals surface area contributed by atoms with E-state index in [0.29, 0.717) is 12.0 Å². The van der Waals surface area contributed by atoms with Crippen LogP contribution in [-0.4, -0.2) is 29.1 Å². The fourth-order valence-electron chi connectivity index (χ4n) is 6.33. The first-order chi connectivity index (χ1) is 13.8. The molecule has 154 valence electrons. The van der Waals surface area contributed by atoms with E-state index in [1.807, 2.05) is 6.07 Å². The Morgan fingerprint density at radius 2 is 1.93 bits per heavy atom. The molecule has 3 heterocycles. The lowest BCUT2D eigenvalue weighted by atomic mass is 9.63. The minimum atomic E-state index is 0.0858. The van der Waals surface area contributed by atoms with Crippen LogP contribution in [0.25, 0.3) is 0 Å². The average molecular weight is 411 g/mol. The number of aryl methyl sites for hydroxylation is 1. The lowest BCUT2D eigenvalue weighted by molar-refractivity contribution is 0.172. The van der Waals surface area contributed by atoms with Crippen molar-refractivity contribution in [2.24, 2.45) is 5.41 Å². The summed E-state index contributed by atoms with van der Waals surface area (Å²) in [5.41, 5.74) is 5.46. The Hall–Kier alpha value is -1.65. The summed E-state index contributed by atoms with van der Waals surface area (Å²) in [6.07, 6.45) is 6.25. The molecule has 4 nitrogen and oxygen atoms in total. The SMILES string of the molecule is CC1CCc2ncnc(N3c4ccc(Cl)cc4C4(CCNCC4)[C@H]3C(C)(C)C)c21. The Bertz CT molecular complexity index is 942. The monoisotopic (exact) mass is 410 g/mol. The molecule has 1 unspecified atom stereocenters. The van der Waals surface area contributed by atoms with E-state index in [1.165, 1.54) is 22.5 Å². The predicted octanol–water partition coefficient (Wildman–Crippen LogP) is 5.37. The predicted molar refractivity (Wildman–Crippen MR) is 119 cm³/mol. The van der Waals surface area contributed by atoms with Gasteiger partial charge in [0.1, 0.15) is 12.1 Å². The number of aromatic nitrogens is 2. The standard InChI is InChI=1S/C24H31ClN4/c1-15-5-7-18-20(15)21(28-14-27-18)29-19-8-6-16(25)13-17(19)24(9-11-26-12-10-24)22(29)23(2,3)4/h6,8,13-15,22,26H,5,7,9-12H2,1-4H3/t15?,22-/m1/s1. The molecule has 1 aliphatic carbocycles. The highest BCUT2D eigenvalue weighted by atomic mass is 35.5. The third-order valence-electron chi connectivity index (χ3n) is 7.33. The Kier molecular flexibility index (Phi) is 4.45. The van der Waals surface area contributed by atoms with Crippen molar-refractivity contribution in [1.82, 2.24) is 15.3 Å². The van der Waals surface area contributed by atoms with Crippen LogP contribution in [0, 0.1) is 5.41 Å². The number of piperidine rings is 1. The Labute approximate surface area is 179 Å².